The van der Waals surface area contributed by atoms with Crippen LogP contribution in [0.1, 0.15) is 34.5 Å². The maximum absolute atomic E-state index is 13.0. The fourth-order valence-corrected chi connectivity index (χ4v) is 4.17. The average molecular weight is 478 g/mol. The van der Waals surface area contributed by atoms with Gasteiger partial charge in [-0.05, 0) is 55.7 Å². The van der Waals surface area contributed by atoms with Crippen LogP contribution >= 0.6 is 0 Å². The molecule has 184 valence electrons. The highest BCUT2D eigenvalue weighted by atomic mass is 16.5. The minimum Gasteiger partial charge on any atom is -0.497 e. The lowest BCUT2D eigenvalue weighted by Gasteiger charge is -2.33. The Balaban J connectivity index is 1.34. The number of methoxy groups -OCH3 is 2. The number of nitrogens with zero attached hydrogens (tertiary/aromatic N) is 3. The number of piperidine rings is 1. The van der Waals surface area contributed by atoms with Gasteiger partial charge in [-0.1, -0.05) is 12.1 Å². The Kier molecular flexibility index (Phi) is 7.54. The van der Waals surface area contributed by atoms with Crippen LogP contribution in [0.2, 0.25) is 0 Å². The van der Waals surface area contributed by atoms with Crippen molar-refractivity contribution in [1.82, 2.24) is 25.1 Å². The summed E-state index contributed by atoms with van der Waals surface area (Å²) in [5.41, 5.74) is 3.19. The maximum atomic E-state index is 13.0. The molecule has 4 rings (SSSR count). The number of ether oxygens (including phenoxy) is 2. The molecule has 0 saturated carbocycles. The van der Waals surface area contributed by atoms with E-state index in [1.165, 1.54) is 0 Å². The number of carbonyl (C=O) groups excluding carboxylic acids is 2. The molecule has 0 radical (unpaired) electrons. The van der Waals surface area contributed by atoms with Crippen LogP contribution in [0, 0.1) is 6.92 Å². The molecule has 3 aromatic rings. The molecule has 2 heterocycles. The number of likely N-dealkylation sites (tertiary alicyclic amines) is 1. The van der Waals surface area contributed by atoms with Crippen molar-refractivity contribution in [2.45, 2.75) is 32.4 Å². The first-order valence-electron chi connectivity index (χ1n) is 11.6. The molecule has 0 spiro atoms. The zero-order chi connectivity index (χ0) is 24.8. The van der Waals surface area contributed by atoms with Crippen LogP contribution in [0.4, 0.5) is 4.79 Å². The second-order valence-electron chi connectivity index (χ2n) is 8.57. The minimum absolute atomic E-state index is 0.120. The van der Waals surface area contributed by atoms with Gasteiger partial charge in [0, 0.05) is 37.4 Å². The molecule has 9 heteroatoms. The number of amides is 3. The van der Waals surface area contributed by atoms with E-state index in [9.17, 15) is 9.59 Å². The second kappa shape index (κ2) is 10.9. The Morgan fingerprint density at radius 2 is 1.91 bits per heavy atom. The molecule has 1 atom stereocenters. The summed E-state index contributed by atoms with van der Waals surface area (Å²) in [6.45, 7) is 3.47. The number of hydrogen-bond donors (Lipinski definition) is 2. The number of imidazole rings is 1. The lowest BCUT2D eigenvalue weighted by atomic mass is 10.0. The molecule has 1 fully saturated rings. The summed E-state index contributed by atoms with van der Waals surface area (Å²) in [4.78, 5) is 31.7. The van der Waals surface area contributed by atoms with Crippen molar-refractivity contribution in [3.05, 3.63) is 71.8 Å². The summed E-state index contributed by atoms with van der Waals surface area (Å²) >= 11 is 0. The molecule has 0 bridgehead atoms. The van der Waals surface area contributed by atoms with E-state index in [0.29, 0.717) is 30.9 Å². The summed E-state index contributed by atoms with van der Waals surface area (Å²) < 4.78 is 12.5. The number of carbonyl (C=O) groups is 2. The second-order valence-corrected chi connectivity index (χ2v) is 8.57. The van der Waals surface area contributed by atoms with Crippen LogP contribution < -0.4 is 20.1 Å². The van der Waals surface area contributed by atoms with E-state index in [4.69, 9.17) is 9.47 Å². The Morgan fingerprint density at radius 3 is 2.60 bits per heavy atom. The maximum Gasteiger partial charge on any atom is 0.317 e. The van der Waals surface area contributed by atoms with Gasteiger partial charge in [-0.15, -0.1) is 0 Å². The number of hydrogen-bond acceptors (Lipinski definition) is 5. The predicted molar refractivity (Wildman–Crippen MR) is 132 cm³/mol. The fraction of sp³-hybridized carbons (Fsp3) is 0.346. The Bertz CT molecular complexity index is 1170. The van der Waals surface area contributed by atoms with Crippen LogP contribution in [-0.4, -0.2) is 59.7 Å². The van der Waals surface area contributed by atoms with E-state index in [2.05, 4.69) is 15.6 Å². The van der Waals surface area contributed by atoms with E-state index < -0.39 is 0 Å². The molecule has 9 nitrogen and oxygen atoms in total. The van der Waals surface area contributed by atoms with Crippen LogP contribution in [0.25, 0.3) is 5.69 Å². The van der Waals surface area contributed by atoms with Gasteiger partial charge < -0.3 is 29.6 Å². The van der Waals surface area contributed by atoms with Gasteiger partial charge in [-0.3, -0.25) is 4.79 Å². The molecular formula is C26H31N5O4. The highest BCUT2D eigenvalue weighted by molar-refractivity contribution is 5.95. The summed E-state index contributed by atoms with van der Waals surface area (Å²) in [5.74, 6) is 1.17. The van der Waals surface area contributed by atoms with Crippen molar-refractivity contribution in [2.24, 2.45) is 0 Å². The molecular weight excluding hydrogens is 446 g/mol. The van der Waals surface area contributed by atoms with Gasteiger partial charge in [-0.2, -0.15) is 0 Å². The largest absolute Gasteiger partial charge is 0.497 e. The molecule has 3 amide bonds. The number of aryl methyl sites for hydroxylation is 1. The van der Waals surface area contributed by atoms with Gasteiger partial charge >= 0.3 is 6.03 Å². The monoisotopic (exact) mass is 477 g/mol. The molecule has 2 N–H and O–H groups in total. The first-order chi connectivity index (χ1) is 17.0. The zero-order valence-electron chi connectivity index (χ0n) is 20.3. The summed E-state index contributed by atoms with van der Waals surface area (Å²) in [5, 5.41) is 6.03. The molecule has 2 aromatic carbocycles. The minimum atomic E-state index is -0.192. The molecule has 1 aliphatic heterocycles. The number of benzene rings is 2. The van der Waals surface area contributed by atoms with Gasteiger partial charge in [0.05, 0.1) is 31.9 Å². The van der Waals surface area contributed by atoms with Gasteiger partial charge in [-0.25, -0.2) is 9.78 Å². The van der Waals surface area contributed by atoms with Crippen molar-refractivity contribution in [3.8, 4) is 17.2 Å². The van der Waals surface area contributed by atoms with Gasteiger partial charge in [0.2, 0.25) is 0 Å². The van der Waals surface area contributed by atoms with E-state index >= 15 is 0 Å². The van der Waals surface area contributed by atoms with Crippen LogP contribution in [0.5, 0.6) is 11.5 Å². The number of rotatable bonds is 7. The SMILES string of the molecule is COc1ccc(CNC(=O)N2CCCC(NC(=O)c3ccc(-n4cnc(C)c4)c(OC)c3)C2)cc1. The Morgan fingerprint density at radius 1 is 1.11 bits per heavy atom. The molecule has 1 aromatic heterocycles. The number of nitrogens with one attached hydrogen (secondary N) is 2. The summed E-state index contributed by atoms with van der Waals surface area (Å²) in [7, 11) is 3.20. The number of urea groups is 1. The van der Waals surface area contributed by atoms with Gasteiger partial charge in [0.15, 0.2) is 0 Å². The summed E-state index contributed by atoms with van der Waals surface area (Å²) in [6, 6.07) is 12.7. The molecule has 1 saturated heterocycles. The Hall–Kier alpha value is -4.01. The smallest absolute Gasteiger partial charge is 0.317 e. The van der Waals surface area contributed by atoms with E-state index in [-0.39, 0.29) is 18.0 Å². The lowest BCUT2D eigenvalue weighted by molar-refractivity contribution is 0.0910. The average Bonchev–Trinajstić information content (AvgIpc) is 3.33. The Labute approximate surface area is 205 Å². The van der Waals surface area contributed by atoms with Crippen LogP contribution in [0.15, 0.2) is 55.0 Å². The van der Waals surface area contributed by atoms with Crippen molar-refractivity contribution in [2.75, 3.05) is 27.3 Å². The van der Waals surface area contributed by atoms with Crippen molar-refractivity contribution < 1.29 is 19.1 Å². The van der Waals surface area contributed by atoms with Crippen molar-refractivity contribution in [1.29, 1.82) is 0 Å². The van der Waals surface area contributed by atoms with Crippen LogP contribution in [-0.2, 0) is 6.54 Å². The molecule has 35 heavy (non-hydrogen) atoms. The third-order valence-corrected chi connectivity index (χ3v) is 6.08. The zero-order valence-corrected chi connectivity index (χ0v) is 20.3. The van der Waals surface area contributed by atoms with Crippen molar-refractivity contribution in [3.63, 3.8) is 0 Å². The first-order valence-corrected chi connectivity index (χ1v) is 11.6. The normalized spacial score (nSPS) is 15.4. The topological polar surface area (TPSA) is 97.7 Å². The highest BCUT2D eigenvalue weighted by Gasteiger charge is 2.25. The number of aromatic nitrogens is 2. The van der Waals surface area contributed by atoms with Gasteiger partial charge in [0.1, 0.15) is 11.5 Å². The standard InChI is InChI=1S/C26H31N5O4/c1-18-15-31(17-28-18)23-11-8-20(13-24(23)35-3)25(32)29-21-5-4-12-30(16-21)26(33)27-14-19-6-9-22(34-2)10-7-19/h6-11,13,15,17,21H,4-5,12,14,16H2,1-3H3,(H,27,33)(H,29,32). The van der Waals surface area contributed by atoms with E-state index in [1.54, 1.807) is 37.6 Å². The van der Waals surface area contributed by atoms with Crippen molar-refractivity contribution >= 4 is 11.9 Å². The van der Waals surface area contributed by atoms with E-state index in [0.717, 1.165) is 35.5 Å². The lowest BCUT2D eigenvalue weighted by Crippen LogP contribution is -2.52. The quantitative estimate of drug-likeness (QED) is 0.544. The van der Waals surface area contributed by atoms with E-state index in [1.807, 2.05) is 48.0 Å². The fourth-order valence-electron chi connectivity index (χ4n) is 4.17. The van der Waals surface area contributed by atoms with Gasteiger partial charge in [0.25, 0.3) is 5.91 Å². The van der Waals surface area contributed by atoms with Crippen LogP contribution in [0.3, 0.4) is 0 Å². The molecule has 0 aliphatic carbocycles. The highest BCUT2D eigenvalue weighted by Crippen LogP contribution is 2.25. The molecule has 1 unspecified atom stereocenters. The third-order valence-electron chi connectivity index (χ3n) is 6.08. The summed E-state index contributed by atoms with van der Waals surface area (Å²) in [6.07, 6.45) is 5.25. The third kappa shape index (κ3) is 5.92. The predicted octanol–water partition coefficient (Wildman–Crippen LogP) is 3.30. The first kappa shape index (κ1) is 24.1. The molecule has 1 aliphatic rings.